The minimum absolute atomic E-state index is 0.180. The lowest BCUT2D eigenvalue weighted by atomic mass is 10.2. The number of aliphatic hydroxyl groups excluding tert-OH is 1. The highest BCUT2D eigenvalue weighted by atomic mass is 19.1. The molecule has 0 spiro atoms. The van der Waals surface area contributed by atoms with Crippen molar-refractivity contribution in [2.75, 3.05) is 13.2 Å². The molecule has 0 bridgehead atoms. The van der Waals surface area contributed by atoms with Gasteiger partial charge < -0.3 is 14.4 Å². The normalized spacial score (nSPS) is 18.1. The average Bonchev–Trinajstić information content (AvgIpc) is 3.46. The number of ether oxygens (including phenoxy) is 1. The fourth-order valence-electron chi connectivity index (χ4n) is 3.77. The zero-order chi connectivity index (χ0) is 20.1. The van der Waals surface area contributed by atoms with Crippen molar-refractivity contribution in [3.63, 3.8) is 0 Å². The van der Waals surface area contributed by atoms with E-state index in [0.717, 1.165) is 12.8 Å². The molecule has 1 N–H and O–H groups in total. The molecular weight excluding hydrogens is 381 g/mol. The summed E-state index contributed by atoms with van der Waals surface area (Å²) < 4.78 is 27.7. The monoisotopic (exact) mass is 399 g/mol. The van der Waals surface area contributed by atoms with Gasteiger partial charge in [-0.25, -0.2) is 9.37 Å². The second-order valence-corrected chi connectivity index (χ2v) is 7.11. The van der Waals surface area contributed by atoms with Gasteiger partial charge in [0.15, 0.2) is 0 Å². The number of hydrogen-bond acceptors (Lipinski definition) is 7. The maximum Gasteiger partial charge on any atom is 0.278 e. The third-order valence-electron chi connectivity index (χ3n) is 5.21. The third kappa shape index (κ3) is 2.75. The summed E-state index contributed by atoms with van der Waals surface area (Å²) in [6, 6.07) is 3.58. The number of halogens is 1. The van der Waals surface area contributed by atoms with Crippen molar-refractivity contribution in [2.45, 2.75) is 31.9 Å². The van der Waals surface area contributed by atoms with Crippen LogP contribution in [0.2, 0.25) is 0 Å². The molecule has 0 amide bonds. The molecule has 150 valence electrons. The third-order valence-corrected chi connectivity index (χ3v) is 5.21. The van der Waals surface area contributed by atoms with Crippen molar-refractivity contribution in [1.82, 2.24) is 24.1 Å². The van der Waals surface area contributed by atoms with Crippen LogP contribution in [-0.2, 0) is 4.74 Å². The van der Waals surface area contributed by atoms with E-state index in [0.29, 0.717) is 23.5 Å². The van der Waals surface area contributed by atoms with Gasteiger partial charge in [-0.3, -0.25) is 13.8 Å². The molecule has 1 aliphatic heterocycles. The zero-order valence-corrected chi connectivity index (χ0v) is 15.6. The summed E-state index contributed by atoms with van der Waals surface area (Å²) in [5.41, 5.74) is 0.988. The van der Waals surface area contributed by atoms with Gasteiger partial charge in [-0.05, 0) is 38.0 Å². The first-order valence-corrected chi connectivity index (χ1v) is 9.35. The number of benzene rings is 1. The van der Waals surface area contributed by atoms with Gasteiger partial charge in [0.05, 0.1) is 23.7 Å². The van der Waals surface area contributed by atoms with Gasteiger partial charge in [0.1, 0.15) is 29.5 Å². The molecule has 1 fully saturated rings. The molecule has 0 radical (unpaired) electrons. The predicted octanol–water partition coefficient (Wildman–Crippen LogP) is 2.24. The lowest BCUT2D eigenvalue weighted by Gasteiger charge is -2.17. The Labute approximate surface area is 163 Å². The highest BCUT2D eigenvalue weighted by molar-refractivity contribution is 5.83. The molecule has 4 aromatic rings. The Morgan fingerprint density at radius 1 is 1.38 bits per heavy atom. The average molecular weight is 399 g/mol. The van der Waals surface area contributed by atoms with Crippen LogP contribution in [-0.4, -0.2) is 42.4 Å². The molecule has 0 saturated carbocycles. The lowest BCUT2D eigenvalue weighted by Crippen LogP contribution is -2.27. The standard InChI is InChI=1S/C19H18FN5O4/c1-10(8-26)25-13-7-11(20)4-5-12(13)24-9-21-15(16(24)19(25)27)17-22-18(29-23-17)14-3-2-6-28-14/h4-5,7,9-10,14,26H,2-3,6,8H2,1H3. The van der Waals surface area contributed by atoms with Gasteiger partial charge in [0.2, 0.25) is 5.82 Å². The maximum atomic E-state index is 13.9. The van der Waals surface area contributed by atoms with E-state index in [-0.39, 0.29) is 29.7 Å². The van der Waals surface area contributed by atoms with Crippen molar-refractivity contribution in [2.24, 2.45) is 0 Å². The number of hydrogen-bond donors (Lipinski definition) is 1. The second-order valence-electron chi connectivity index (χ2n) is 7.11. The van der Waals surface area contributed by atoms with Crippen LogP contribution < -0.4 is 5.56 Å². The van der Waals surface area contributed by atoms with Crippen LogP contribution in [0.15, 0.2) is 33.8 Å². The molecule has 1 aliphatic rings. The number of fused-ring (bicyclic) bond motifs is 3. The van der Waals surface area contributed by atoms with Crippen LogP contribution in [0.4, 0.5) is 4.39 Å². The molecule has 1 saturated heterocycles. The summed E-state index contributed by atoms with van der Waals surface area (Å²) >= 11 is 0. The molecule has 10 heteroatoms. The fraction of sp³-hybridized carbons (Fsp3) is 0.368. The van der Waals surface area contributed by atoms with E-state index in [2.05, 4.69) is 15.1 Å². The SMILES string of the molecule is CC(CO)n1c(=O)c2c(-c3noc(C4CCCO4)n3)ncn2c2ccc(F)cc21. The van der Waals surface area contributed by atoms with E-state index >= 15 is 0 Å². The second kappa shape index (κ2) is 6.75. The van der Waals surface area contributed by atoms with Gasteiger partial charge >= 0.3 is 0 Å². The molecule has 0 aliphatic carbocycles. The number of imidazole rings is 1. The van der Waals surface area contributed by atoms with Crippen LogP contribution in [0.3, 0.4) is 0 Å². The van der Waals surface area contributed by atoms with Gasteiger partial charge in [0, 0.05) is 6.61 Å². The highest BCUT2D eigenvalue weighted by Gasteiger charge is 2.27. The van der Waals surface area contributed by atoms with Crippen LogP contribution >= 0.6 is 0 Å². The van der Waals surface area contributed by atoms with E-state index < -0.39 is 17.4 Å². The minimum Gasteiger partial charge on any atom is -0.394 e. The Balaban J connectivity index is 1.77. The van der Waals surface area contributed by atoms with E-state index in [4.69, 9.17) is 9.26 Å². The Hall–Kier alpha value is -3.11. The van der Waals surface area contributed by atoms with Gasteiger partial charge in [-0.15, -0.1) is 0 Å². The summed E-state index contributed by atoms with van der Waals surface area (Å²) in [6.45, 7) is 2.04. The first-order valence-electron chi connectivity index (χ1n) is 9.35. The zero-order valence-electron chi connectivity index (χ0n) is 15.6. The molecule has 2 atom stereocenters. The highest BCUT2D eigenvalue weighted by Crippen LogP contribution is 2.30. The summed E-state index contributed by atoms with van der Waals surface area (Å²) in [4.78, 5) is 22.0. The molecule has 9 nitrogen and oxygen atoms in total. The molecule has 3 aromatic heterocycles. The van der Waals surface area contributed by atoms with Crippen LogP contribution in [0, 0.1) is 5.82 Å². The molecule has 1 aromatic carbocycles. The Morgan fingerprint density at radius 3 is 3.00 bits per heavy atom. The summed E-state index contributed by atoms with van der Waals surface area (Å²) in [5.74, 6) is 0.0557. The number of rotatable bonds is 4. The Morgan fingerprint density at radius 2 is 2.24 bits per heavy atom. The number of nitrogens with zero attached hydrogens (tertiary/aromatic N) is 5. The van der Waals surface area contributed by atoms with E-state index in [9.17, 15) is 14.3 Å². The van der Waals surface area contributed by atoms with Crippen LogP contribution in [0.5, 0.6) is 0 Å². The smallest absolute Gasteiger partial charge is 0.278 e. The largest absolute Gasteiger partial charge is 0.394 e. The molecule has 4 heterocycles. The van der Waals surface area contributed by atoms with E-state index in [1.807, 2.05) is 0 Å². The van der Waals surface area contributed by atoms with E-state index in [1.165, 1.54) is 23.0 Å². The Bertz CT molecular complexity index is 1270. The van der Waals surface area contributed by atoms with Gasteiger partial charge in [-0.1, -0.05) is 5.16 Å². The topological polar surface area (TPSA) is 108 Å². The van der Waals surface area contributed by atoms with Crippen molar-refractivity contribution >= 4 is 16.6 Å². The van der Waals surface area contributed by atoms with Crippen LogP contribution in [0.1, 0.15) is 37.8 Å². The van der Waals surface area contributed by atoms with Crippen molar-refractivity contribution in [3.8, 4) is 11.5 Å². The summed E-state index contributed by atoms with van der Waals surface area (Å²) in [7, 11) is 0. The van der Waals surface area contributed by atoms with Crippen molar-refractivity contribution in [3.05, 3.63) is 46.6 Å². The van der Waals surface area contributed by atoms with Gasteiger partial charge in [-0.2, -0.15) is 4.98 Å². The molecule has 2 unspecified atom stereocenters. The summed E-state index contributed by atoms with van der Waals surface area (Å²) in [5, 5.41) is 13.6. The van der Waals surface area contributed by atoms with Gasteiger partial charge in [0.25, 0.3) is 11.4 Å². The Kier molecular flexibility index (Phi) is 4.18. The molecular formula is C19H18FN5O4. The molecule has 29 heavy (non-hydrogen) atoms. The molecule has 5 rings (SSSR count). The number of aliphatic hydroxyl groups is 1. The first-order chi connectivity index (χ1) is 14.1. The maximum absolute atomic E-state index is 13.9. The quantitative estimate of drug-likeness (QED) is 0.561. The predicted molar refractivity (Wildman–Crippen MR) is 99.9 cm³/mol. The summed E-state index contributed by atoms with van der Waals surface area (Å²) in [6.07, 6.45) is 2.94. The minimum atomic E-state index is -0.563. The number of aromatic nitrogens is 5. The van der Waals surface area contributed by atoms with E-state index in [1.54, 1.807) is 17.4 Å². The van der Waals surface area contributed by atoms with Crippen LogP contribution in [0.25, 0.3) is 28.1 Å². The lowest BCUT2D eigenvalue weighted by molar-refractivity contribution is 0.0835. The first kappa shape index (κ1) is 18.0. The van der Waals surface area contributed by atoms with Crippen molar-refractivity contribution in [1.29, 1.82) is 0 Å². The van der Waals surface area contributed by atoms with Crippen molar-refractivity contribution < 1.29 is 18.8 Å². The fourth-order valence-corrected chi connectivity index (χ4v) is 3.77.